The highest BCUT2D eigenvalue weighted by atomic mass is 14.8. The molecule has 0 aromatic rings. The average Bonchev–Trinajstić information content (AvgIpc) is 2.05. The Morgan fingerprint density at radius 3 is 2.50 bits per heavy atom. The van der Waals surface area contributed by atoms with Crippen LogP contribution in [0.1, 0.15) is 39.5 Å². The van der Waals surface area contributed by atoms with Gasteiger partial charge in [0.1, 0.15) is 0 Å². The van der Waals surface area contributed by atoms with Crippen LogP contribution < -0.4 is 11.5 Å². The fourth-order valence-electron chi connectivity index (χ4n) is 2.54. The van der Waals surface area contributed by atoms with E-state index in [9.17, 15) is 0 Å². The van der Waals surface area contributed by atoms with Crippen molar-refractivity contribution in [2.75, 3.05) is 6.54 Å². The van der Waals surface area contributed by atoms with Crippen molar-refractivity contribution in [1.82, 2.24) is 0 Å². The summed E-state index contributed by atoms with van der Waals surface area (Å²) >= 11 is 0. The van der Waals surface area contributed by atoms with Crippen LogP contribution in [0.15, 0.2) is 0 Å². The summed E-state index contributed by atoms with van der Waals surface area (Å²) in [7, 11) is 0. The number of rotatable bonds is 2. The third-order valence-electron chi connectivity index (χ3n) is 3.33. The molecule has 0 spiro atoms. The van der Waals surface area contributed by atoms with E-state index < -0.39 is 0 Å². The SMILES string of the molecule is CC(C)C1CCCCC1(N)CN. The van der Waals surface area contributed by atoms with Gasteiger partial charge in [-0.05, 0) is 24.7 Å². The largest absolute Gasteiger partial charge is 0.329 e. The van der Waals surface area contributed by atoms with Crippen LogP contribution >= 0.6 is 0 Å². The van der Waals surface area contributed by atoms with Crippen LogP contribution in [0, 0.1) is 11.8 Å². The Bertz CT molecular complexity index is 145. The zero-order chi connectivity index (χ0) is 9.19. The highest BCUT2D eigenvalue weighted by Crippen LogP contribution is 2.35. The van der Waals surface area contributed by atoms with Crippen LogP contribution in [-0.2, 0) is 0 Å². The third-order valence-corrected chi connectivity index (χ3v) is 3.33. The molecule has 1 saturated carbocycles. The van der Waals surface area contributed by atoms with E-state index in [1.807, 2.05) is 0 Å². The molecule has 0 aromatic heterocycles. The molecule has 1 aliphatic carbocycles. The van der Waals surface area contributed by atoms with Crippen molar-refractivity contribution >= 4 is 0 Å². The Kier molecular flexibility index (Phi) is 3.13. The first kappa shape index (κ1) is 10.0. The first-order valence-electron chi connectivity index (χ1n) is 5.09. The Morgan fingerprint density at radius 1 is 1.42 bits per heavy atom. The molecular weight excluding hydrogens is 148 g/mol. The molecule has 0 aromatic carbocycles. The molecule has 0 bridgehead atoms. The maximum absolute atomic E-state index is 6.28. The normalized spacial score (nSPS) is 37.2. The molecule has 0 amide bonds. The summed E-state index contributed by atoms with van der Waals surface area (Å²) in [6.45, 7) is 5.16. The summed E-state index contributed by atoms with van der Waals surface area (Å²) < 4.78 is 0. The van der Waals surface area contributed by atoms with Gasteiger partial charge in [0.2, 0.25) is 0 Å². The van der Waals surface area contributed by atoms with E-state index in [0.29, 0.717) is 18.4 Å². The smallest absolute Gasteiger partial charge is 0.0309 e. The van der Waals surface area contributed by atoms with E-state index in [-0.39, 0.29) is 5.54 Å². The fourth-order valence-corrected chi connectivity index (χ4v) is 2.54. The van der Waals surface area contributed by atoms with Crippen molar-refractivity contribution in [3.63, 3.8) is 0 Å². The van der Waals surface area contributed by atoms with Crippen molar-refractivity contribution in [2.24, 2.45) is 23.3 Å². The highest BCUT2D eigenvalue weighted by molar-refractivity contribution is 4.96. The first-order chi connectivity index (χ1) is 5.60. The van der Waals surface area contributed by atoms with Gasteiger partial charge in [-0.3, -0.25) is 0 Å². The maximum Gasteiger partial charge on any atom is 0.0309 e. The van der Waals surface area contributed by atoms with E-state index in [0.717, 1.165) is 6.42 Å². The highest BCUT2D eigenvalue weighted by Gasteiger charge is 2.37. The minimum Gasteiger partial charge on any atom is -0.329 e. The summed E-state index contributed by atoms with van der Waals surface area (Å²) in [4.78, 5) is 0. The van der Waals surface area contributed by atoms with Crippen molar-refractivity contribution < 1.29 is 0 Å². The lowest BCUT2D eigenvalue weighted by Gasteiger charge is -2.42. The molecule has 0 saturated heterocycles. The second kappa shape index (κ2) is 3.75. The number of hydrogen-bond donors (Lipinski definition) is 2. The first-order valence-corrected chi connectivity index (χ1v) is 5.09. The van der Waals surface area contributed by atoms with Gasteiger partial charge in [-0.1, -0.05) is 26.7 Å². The molecule has 1 rings (SSSR count). The molecule has 2 nitrogen and oxygen atoms in total. The molecule has 0 radical (unpaired) electrons. The van der Waals surface area contributed by atoms with E-state index in [4.69, 9.17) is 11.5 Å². The standard InChI is InChI=1S/C10H22N2/c1-8(2)9-5-3-4-6-10(9,12)7-11/h8-9H,3-7,11-12H2,1-2H3. The lowest BCUT2D eigenvalue weighted by atomic mass is 9.68. The summed E-state index contributed by atoms with van der Waals surface area (Å²) in [6.07, 6.45) is 4.98. The Hall–Kier alpha value is -0.0800. The summed E-state index contributed by atoms with van der Waals surface area (Å²) in [5, 5.41) is 0. The number of nitrogens with two attached hydrogens (primary N) is 2. The van der Waals surface area contributed by atoms with Crippen molar-refractivity contribution in [2.45, 2.75) is 45.1 Å². The van der Waals surface area contributed by atoms with Gasteiger partial charge in [0.25, 0.3) is 0 Å². The van der Waals surface area contributed by atoms with Crippen LogP contribution in [0.4, 0.5) is 0 Å². The monoisotopic (exact) mass is 170 g/mol. The van der Waals surface area contributed by atoms with E-state index >= 15 is 0 Å². The Balaban J connectivity index is 2.66. The third kappa shape index (κ3) is 1.80. The quantitative estimate of drug-likeness (QED) is 0.659. The second-order valence-electron chi connectivity index (χ2n) is 4.53. The van der Waals surface area contributed by atoms with Crippen LogP contribution in [0.5, 0.6) is 0 Å². The van der Waals surface area contributed by atoms with E-state index in [1.165, 1.54) is 19.3 Å². The zero-order valence-electron chi connectivity index (χ0n) is 8.34. The molecule has 2 atom stereocenters. The zero-order valence-corrected chi connectivity index (χ0v) is 8.34. The fraction of sp³-hybridized carbons (Fsp3) is 1.00. The maximum atomic E-state index is 6.28. The molecule has 0 aliphatic heterocycles. The molecule has 12 heavy (non-hydrogen) atoms. The lowest BCUT2D eigenvalue weighted by Crippen LogP contribution is -2.56. The van der Waals surface area contributed by atoms with E-state index in [2.05, 4.69) is 13.8 Å². The van der Waals surface area contributed by atoms with Crippen molar-refractivity contribution in [3.05, 3.63) is 0 Å². The second-order valence-corrected chi connectivity index (χ2v) is 4.53. The predicted molar refractivity (Wildman–Crippen MR) is 52.8 cm³/mol. The molecule has 1 aliphatic rings. The van der Waals surface area contributed by atoms with Gasteiger partial charge in [-0.2, -0.15) is 0 Å². The van der Waals surface area contributed by atoms with Gasteiger partial charge in [-0.15, -0.1) is 0 Å². The molecule has 2 heteroatoms. The van der Waals surface area contributed by atoms with Gasteiger partial charge in [0.05, 0.1) is 0 Å². The Morgan fingerprint density at radius 2 is 2.08 bits per heavy atom. The van der Waals surface area contributed by atoms with Crippen LogP contribution in [0.3, 0.4) is 0 Å². The predicted octanol–water partition coefficient (Wildman–Crippen LogP) is 1.49. The summed E-state index contributed by atoms with van der Waals surface area (Å²) in [5.74, 6) is 1.31. The van der Waals surface area contributed by atoms with Gasteiger partial charge < -0.3 is 11.5 Å². The number of hydrogen-bond acceptors (Lipinski definition) is 2. The van der Waals surface area contributed by atoms with Crippen LogP contribution in [0.25, 0.3) is 0 Å². The summed E-state index contributed by atoms with van der Waals surface area (Å²) in [5.41, 5.74) is 12.0. The summed E-state index contributed by atoms with van der Waals surface area (Å²) in [6, 6.07) is 0. The van der Waals surface area contributed by atoms with Gasteiger partial charge in [-0.25, -0.2) is 0 Å². The minimum absolute atomic E-state index is 0.0631. The molecule has 4 N–H and O–H groups in total. The van der Waals surface area contributed by atoms with Gasteiger partial charge in [0.15, 0.2) is 0 Å². The van der Waals surface area contributed by atoms with Gasteiger partial charge in [0, 0.05) is 12.1 Å². The lowest BCUT2D eigenvalue weighted by molar-refractivity contribution is 0.148. The average molecular weight is 170 g/mol. The van der Waals surface area contributed by atoms with Crippen molar-refractivity contribution in [3.8, 4) is 0 Å². The molecule has 72 valence electrons. The molecule has 1 fully saturated rings. The van der Waals surface area contributed by atoms with Crippen LogP contribution in [0.2, 0.25) is 0 Å². The van der Waals surface area contributed by atoms with Gasteiger partial charge >= 0.3 is 0 Å². The van der Waals surface area contributed by atoms with E-state index in [1.54, 1.807) is 0 Å². The molecular formula is C10H22N2. The topological polar surface area (TPSA) is 52.0 Å². The molecule has 2 unspecified atom stereocenters. The van der Waals surface area contributed by atoms with Crippen LogP contribution in [-0.4, -0.2) is 12.1 Å². The minimum atomic E-state index is -0.0631. The van der Waals surface area contributed by atoms with Crippen molar-refractivity contribution in [1.29, 1.82) is 0 Å². The Labute approximate surface area is 75.7 Å². The molecule has 0 heterocycles.